The van der Waals surface area contributed by atoms with E-state index in [0.717, 1.165) is 59.2 Å². The summed E-state index contributed by atoms with van der Waals surface area (Å²) in [6.07, 6.45) is 5.54. The summed E-state index contributed by atoms with van der Waals surface area (Å²) in [6.45, 7) is 2.83. The van der Waals surface area contributed by atoms with Gasteiger partial charge in [-0.05, 0) is 61.8 Å². The molecule has 0 saturated carbocycles. The highest BCUT2D eigenvalue weighted by Crippen LogP contribution is 2.34. The molecule has 0 fully saturated rings. The topological polar surface area (TPSA) is 101 Å². The first-order valence-corrected chi connectivity index (χ1v) is 12.1. The van der Waals surface area contributed by atoms with E-state index in [1.54, 1.807) is 0 Å². The molecular formula is C26H34N4O3S. The maximum Gasteiger partial charge on any atom is 0.220 e. The lowest BCUT2D eigenvalue weighted by atomic mass is 9.99. The van der Waals surface area contributed by atoms with Gasteiger partial charge in [-0.1, -0.05) is 36.8 Å². The average molecular weight is 483 g/mol. The number of nitrogens with one attached hydrogen (secondary N) is 3. The molecule has 1 aromatic heterocycles. The predicted octanol–water partition coefficient (Wildman–Crippen LogP) is 3.76. The number of thiocarbonyl (C=S) groups is 1. The molecule has 182 valence electrons. The van der Waals surface area contributed by atoms with E-state index in [-0.39, 0.29) is 5.91 Å². The molecule has 5 N–H and O–H groups in total. The van der Waals surface area contributed by atoms with Gasteiger partial charge in [-0.3, -0.25) is 4.79 Å². The average Bonchev–Trinajstić information content (AvgIpc) is 3.33. The van der Waals surface area contributed by atoms with Crippen molar-refractivity contribution in [3.63, 3.8) is 0 Å². The van der Waals surface area contributed by atoms with E-state index in [0.29, 0.717) is 37.8 Å². The van der Waals surface area contributed by atoms with Gasteiger partial charge in [-0.15, -0.1) is 0 Å². The maximum absolute atomic E-state index is 11.8. The summed E-state index contributed by atoms with van der Waals surface area (Å²) < 4.78 is 11.6. The number of unbranched alkanes of at least 4 members (excludes halogenated alkanes) is 2. The van der Waals surface area contributed by atoms with E-state index in [1.165, 1.54) is 0 Å². The third-order valence-electron chi connectivity index (χ3n) is 5.53. The van der Waals surface area contributed by atoms with Crippen LogP contribution in [-0.4, -0.2) is 55.8 Å². The number of aromatic amines is 1. The molecule has 0 atom stereocenters. The first-order valence-electron chi connectivity index (χ1n) is 11.7. The van der Waals surface area contributed by atoms with E-state index in [1.807, 2.05) is 55.7 Å². The number of H-pyrrole nitrogens is 1. The highest BCUT2D eigenvalue weighted by atomic mass is 32.1. The second-order valence-electron chi connectivity index (χ2n) is 8.05. The van der Waals surface area contributed by atoms with Crippen LogP contribution in [0.1, 0.15) is 31.2 Å². The van der Waals surface area contributed by atoms with Crippen molar-refractivity contribution in [1.29, 1.82) is 0 Å². The first kappa shape index (κ1) is 25.7. The number of carbonyl (C=O) groups is 1. The predicted molar refractivity (Wildman–Crippen MR) is 141 cm³/mol. The molecular weight excluding hydrogens is 448 g/mol. The van der Waals surface area contributed by atoms with Crippen LogP contribution in [-0.2, 0) is 9.53 Å². The second kappa shape index (κ2) is 13.7. The minimum Gasteiger partial charge on any atom is -0.489 e. The van der Waals surface area contributed by atoms with E-state index in [9.17, 15) is 4.79 Å². The summed E-state index contributed by atoms with van der Waals surface area (Å²) in [5, 5.41) is 7.07. The summed E-state index contributed by atoms with van der Waals surface area (Å²) >= 11 is 5.12. The minimum atomic E-state index is 0.0809. The normalized spacial score (nSPS) is 11.0. The molecule has 0 radical (unpaired) electrons. The zero-order chi connectivity index (χ0) is 24.2. The molecule has 3 rings (SSSR count). The lowest BCUT2D eigenvalue weighted by Crippen LogP contribution is -2.27. The van der Waals surface area contributed by atoms with E-state index >= 15 is 0 Å². The molecule has 7 nitrogen and oxygen atoms in total. The third-order valence-corrected chi connectivity index (χ3v) is 5.76. The Morgan fingerprint density at radius 2 is 1.94 bits per heavy atom. The van der Waals surface area contributed by atoms with Crippen molar-refractivity contribution in [2.45, 2.75) is 25.7 Å². The van der Waals surface area contributed by atoms with Crippen LogP contribution in [0.2, 0.25) is 0 Å². The van der Waals surface area contributed by atoms with Crippen LogP contribution >= 0.6 is 12.2 Å². The number of hydrogen-bond donors (Lipinski definition) is 4. The highest BCUT2D eigenvalue weighted by Gasteiger charge is 2.11. The fraction of sp³-hybridized carbons (Fsp3) is 0.385. The summed E-state index contributed by atoms with van der Waals surface area (Å²) in [7, 11) is 1.94. The lowest BCUT2D eigenvalue weighted by molar-refractivity contribution is -0.121. The fourth-order valence-electron chi connectivity index (χ4n) is 3.77. The Bertz CT molecular complexity index is 1080. The molecule has 0 unspecified atom stereocenters. The molecule has 0 aliphatic rings. The van der Waals surface area contributed by atoms with Crippen molar-refractivity contribution < 1.29 is 14.3 Å². The molecule has 0 spiro atoms. The van der Waals surface area contributed by atoms with Crippen LogP contribution in [0, 0.1) is 0 Å². The molecule has 0 aliphatic carbocycles. The summed E-state index contributed by atoms with van der Waals surface area (Å²) in [6, 6.07) is 13.9. The first-order chi connectivity index (χ1) is 16.6. The Morgan fingerprint density at radius 1 is 1.06 bits per heavy atom. The number of ether oxygens (including phenoxy) is 2. The SMILES string of the molecule is CNCCCCCC(=O)NCCOCCOc1ccc(-c2cccc(C(N)=S)c2)c2cc[nH]c12. The molecule has 34 heavy (non-hydrogen) atoms. The zero-order valence-electron chi connectivity index (χ0n) is 19.7. The van der Waals surface area contributed by atoms with Gasteiger partial charge in [0.15, 0.2) is 0 Å². The van der Waals surface area contributed by atoms with Gasteiger partial charge in [0.25, 0.3) is 0 Å². The van der Waals surface area contributed by atoms with Gasteiger partial charge in [0.2, 0.25) is 5.91 Å². The van der Waals surface area contributed by atoms with Crippen molar-refractivity contribution in [1.82, 2.24) is 15.6 Å². The maximum atomic E-state index is 11.8. The number of hydrogen-bond acceptors (Lipinski definition) is 5. The van der Waals surface area contributed by atoms with Gasteiger partial charge in [0, 0.05) is 30.1 Å². The van der Waals surface area contributed by atoms with Gasteiger partial charge in [0.05, 0.1) is 18.7 Å². The molecule has 2 aromatic carbocycles. The van der Waals surface area contributed by atoms with Gasteiger partial charge in [0.1, 0.15) is 17.3 Å². The number of benzene rings is 2. The van der Waals surface area contributed by atoms with Gasteiger partial charge in [-0.25, -0.2) is 0 Å². The lowest BCUT2D eigenvalue weighted by Gasteiger charge is -2.11. The van der Waals surface area contributed by atoms with Crippen LogP contribution in [0.25, 0.3) is 22.0 Å². The molecule has 1 heterocycles. The van der Waals surface area contributed by atoms with Crippen LogP contribution in [0.5, 0.6) is 5.75 Å². The molecule has 0 aliphatic heterocycles. The Balaban J connectivity index is 1.42. The van der Waals surface area contributed by atoms with Gasteiger partial charge >= 0.3 is 0 Å². The van der Waals surface area contributed by atoms with Crippen LogP contribution in [0.15, 0.2) is 48.7 Å². The molecule has 8 heteroatoms. The molecule has 0 bridgehead atoms. The zero-order valence-corrected chi connectivity index (χ0v) is 20.5. The molecule has 3 aromatic rings. The highest BCUT2D eigenvalue weighted by molar-refractivity contribution is 7.80. The minimum absolute atomic E-state index is 0.0809. The Kier molecular flexibility index (Phi) is 10.3. The van der Waals surface area contributed by atoms with Crippen molar-refractivity contribution in [2.24, 2.45) is 5.73 Å². The number of nitrogens with two attached hydrogens (primary N) is 1. The van der Waals surface area contributed by atoms with Gasteiger partial charge < -0.3 is 30.8 Å². The van der Waals surface area contributed by atoms with Crippen LogP contribution in [0.3, 0.4) is 0 Å². The summed E-state index contributed by atoms with van der Waals surface area (Å²) in [4.78, 5) is 15.5. The number of aromatic nitrogens is 1. The second-order valence-corrected chi connectivity index (χ2v) is 8.49. The van der Waals surface area contributed by atoms with E-state index in [4.69, 9.17) is 27.4 Å². The largest absolute Gasteiger partial charge is 0.489 e. The smallest absolute Gasteiger partial charge is 0.220 e. The fourth-order valence-corrected chi connectivity index (χ4v) is 3.90. The Hall–Kier alpha value is -2.94. The number of amides is 1. The van der Waals surface area contributed by atoms with Gasteiger partial charge in [-0.2, -0.15) is 0 Å². The standard InChI is InChI=1S/C26H34N4O3S/c1-28-12-4-2-3-8-24(31)29-14-15-32-16-17-33-23-10-9-21(22-11-13-30-25(22)23)19-6-5-7-20(18-19)26(27)34/h5-7,9-11,13,18,28,30H,2-4,8,12,14-17H2,1H3,(H2,27,34)(H,29,31). The summed E-state index contributed by atoms with van der Waals surface area (Å²) in [5.41, 5.74) is 9.69. The van der Waals surface area contributed by atoms with Crippen molar-refractivity contribution in [3.05, 3.63) is 54.2 Å². The van der Waals surface area contributed by atoms with Crippen molar-refractivity contribution in [3.8, 4) is 16.9 Å². The molecule has 1 amide bonds. The van der Waals surface area contributed by atoms with E-state index < -0.39 is 0 Å². The molecule has 0 saturated heterocycles. The number of rotatable bonds is 15. The Morgan fingerprint density at radius 3 is 2.76 bits per heavy atom. The van der Waals surface area contributed by atoms with E-state index in [2.05, 4.69) is 15.6 Å². The summed E-state index contributed by atoms with van der Waals surface area (Å²) in [5.74, 6) is 0.849. The van der Waals surface area contributed by atoms with Crippen LogP contribution < -0.4 is 21.1 Å². The quantitative estimate of drug-likeness (QED) is 0.194. The third kappa shape index (κ3) is 7.55. The number of fused-ring (bicyclic) bond motifs is 1. The number of carbonyl (C=O) groups excluding carboxylic acids is 1. The van der Waals surface area contributed by atoms with Crippen molar-refractivity contribution >= 4 is 34.0 Å². The van der Waals surface area contributed by atoms with Crippen LogP contribution in [0.4, 0.5) is 0 Å². The monoisotopic (exact) mass is 482 g/mol. The Labute approximate surface area is 206 Å². The van der Waals surface area contributed by atoms with Crippen molar-refractivity contribution in [2.75, 3.05) is 40.0 Å².